The Morgan fingerprint density at radius 2 is 1.80 bits per heavy atom. The lowest BCUT2D eigenvalue weighted by atomic mass is 9.82. The molecule has 0 atom stereocenters. The molecule has 7 heteroatoms. The van der Waals surface area contributed by atoms with Crippen LogP contribution in [0.5, 0.6) is 0 Å². The lowest BCUT2D eigenvalue weighted by molar-refractivity contribution is -0.141. The summed E-state index contributed by atoms with van der Waals surface area (Å²) in [6.07, 6.45) is -3.97. The van der Waals surface area contributed by atoms with Crippen LogP contribution in [0.4, 0.5) is 13.2 Å². The second kappa shape index (κ2) is 5.35. The van der Waals surface area contributed by atoms with Gasteiger partial charge in [0.05, 0.1) is 5.51 Å². The van der Waals surface area contributed by atoms with E-state index in [1.807, 2.05) is 20.8 Å². The molecule has 0 aliphatic heterocycles. The molecule has 1 aromatic heterocycles. The molecule has 0 radical (unpaired) electrons. The monoisotopic (exact) mass is 308 g/mol. The molecule has 0 bridgehead atoms. The van der Waals surface area contributed by atoms with Crippen LogP contribution in [-0.4, -0.2) is 16.4 Å². The molecule has 0 aliphatic rings. The molecule has 1 amide bonds. The van der Waals surface area contributed by atoms with Crippen LogP contribution < -0.4 is 5.32 Å². The van der Waals surface area contributed by atoms with Crippen molar-refractivity contribution in [1.29, 1.82) is 0 Å². The maximum atomic E-state index is 12.7. The van der Waals surface area contributed by atoms with Crippen molar-refractivity contribution >= 4 is 17.2 Å². The fraction of sp³-hybridized carbons (Fsp3) is 0.692. The van der Waals surface area contributed by atoms with Gasteiger partial charge < -0.3 is 5.32 Å². The van der Waals surface area contributed by atoms with Crippen molar-refractivity contribution < 1.29 is 18.0 Å². The number of nitrogens with one attached hydrogen (secondary N) is 1. The molecule has 0 aromatic carbocycles. The van der Waals surface area contributed by atoms with E-state index in [0.29, 0.717) is 17.8 Å². The van der Waals surface area contributed by atoms with Crippen molar-refractivity contribution in [2.45, 2.75) is 52.8 Å². The molecule has 1 N–H and O–H groups in total. The molecule has 3 nitrogen and oxygen atoms in total. The van der Waals surface area contributed by atoms with Gasteiger partial charge in [-0.05, 0) is 25.7 Å². The number of carbonyl (C=O) groups is 1. The van der Waals surface area contributed by atoms with E-state index in [2.05, 4.69) is 10.3 Å². The largest absolute Gasteiger partial charge is 0.434 e. The summed E-state index contributed by atoms with van der Waals surface area (Å²) >= 11 is 0.700. The fourth-order valence-electron chi connectivity index (χ4n) is 2.34. The standard InChI is InChI=1S/C13H19F3N2OS/c1-11(2,3)6-12(4,5)18-10(19)8-9(13(14,15)16)17-7-20-8/h7H,6H2,1-5H3,(H,18,19). The van der Waals surface area contributed by atoms with Gasteiger partial charge >= 0.3 is 6.18 Å². The zero-order valence-corrected chi connectivity index (χ0v) is 13.0. The third-order valence-electron chi connectivity index (χ3n) is 2.47. The first-order valence-corrected chi connectivity index (χ1v) is 7.03. The summed E-state index contributed by atoms with van der Waals surface area (Å²) in [5, 5.41) is 2.66. The van der Waals surface area contributed by atoms with Crippen molar-refractivity contribution in [1.82, 2.24) is 10.3 Å². The number of aromatic nitrogens is 1. The molecule has 1 rings (SSSR count). The predicted octanol–water partition coefficient (Wildman–Crippen LogP) is 4.11. The molecule has 20 heavy (non-hydrogen) atoms. The molecule has 1 heterocycles. The van der Waals surface area contributed by atoms with E-state index in [4.69, 9.17) is 0 Å². The van der Waals surface area contributed by atoms with Crippen LogP contribution in [0.15, 0.2) is 5.51 Å². The second-order valence-corrected chi connectivity index (χ2v) is 7.46. The highest BCUT2D eigenvalue weighted by atomic mass is 32.1. The average molecular weight is 308 g/mol. The molecule has 114 valence electrons. The molecule has 0 spiro atoms. The van der Waals surface area contributed by atoms with E-state index < -0.39 is 23.3 Å². The van der Waals surface area contributed by atoms with Gasteiger partial charge in [0.1, 0.15) is 4.88 Å². The zero-order chi connectivity index (χ0) is 15.8. The third kappa shape index (κ3) is 4.77. The van der Waals surface area contributed by atoms with Crippen molar-refractivity contribution in [3.05, 3.63) is 16.1 Å². The Kier molecular flexibility index (Phi) is 4.53. The molecule has 0 saturated carbocycles. The van der Waals surface area contributed by atoms with Crippen LogP contribution in [0.1, 0.15) is 56.4 Å². The summed E-state index contributed by atoms with van der Waals surface area (Å²) in [4.78, 5) is 14.9. The van der Waals surface area contributed by atoms with Crippen LogP contribution >= 0.6 is 11.3 Å². The Hall–Kier alpha value is -1.11. The van der Waals surface area contributed by atoms with Crippen molar-refractivity contribution in [3.63, 3.8) is 0 Å². The highest BCUT2D eigenvalue weighted by Gasteiger charge is 2.39. The minimum Gasteiger partial charge on any atom is -0.346 e. The van der Waals surface area contributed by atoms with E-state index >= 15 is 0 Å². The average Bonchev–Trinajstić information content (AvgIpc) is 2.58. The minimum atomic E-state index is -4.61. The van der Waals surface area contributed by atoms with Crippen LogP contribution in [-0.2, 0) is 6.18 Å². The Balaban J connectivity index is 2.90. The van der Waals surface area contributed by atoms with Crippen molar-refractivity contribution in [2.24, 2.45) is 5.41 Å². The van der Waals surface area contributed by atoms with E-state index in [1.54, 1.807) is 13.8 Å². The Morgan fingerprint density at radius 3 is 2.25 bits per heavy atom. The zero-order valence-electron chi connectivity index (χ0n) is 12.2. The summed E-state index contributed by atoms with van der Waals surface area (Å²) in [5.41, 5.74) is -0.722. The van der Waals surface area contributed by atoms with E-state index in [-0.39, 0.29) is 10.3 Å². The lowest BCUT2D eigenvalue weighted by Gasteiger charge is -2.33. The van der Waals surface area contributed by atoms with E-state index in [0.717, 1.165) is 5.51 Å². The topological polar surface area (TPSA) is 42.0 Å². The Morgan fingerprint density at radius 1 is 1.25 bits per heavy atom. The number of hydrogen-bond donors (Lipinski definition) is 1. The maximum Gasteiger partial charge on any atom is 0.434 e. The van der Waals surface area contributed by atoms with Gasteiger partial charge in [0, 0.05) is 5.54 Å². The van der Waals surface area contributed by atoms with Crippen LogP contribution in [0.3, 0.4) is 0 Å². The Bertz CT molecular complexity index is 487. The summed E-state index contributed by atoms with van der Waals surface area (Å²) < 4.78 is 38.1. The number of nitrogens with zero attached hydrogens (tertiary/aromatic N) is 1. The summed E-state index contributed by atoms with van der Waals surface area (Å²) in [6.45, 7) is 9.62. The molecule has 0 fully saturated rings. The number of hydrogen-bond acceptors (Lipinski definition) is 3. The highest BCUT2D eigenvalue weighted by molar-refractivity contribution is 7.11. The second-order valence-electron chi connectivity index (χ2n) is 6.60. The van der Waals surface area contributed by atoms with Crippen molar-refractivity contribution in [3.8, 4) is 0 Å². The molecule has 1 aromatic rings. The number of rotatable bonds is 3. The SMILES string of the molecule is CC(C)(C)CC(C)(C)NC(=O)c1scnc1C(F)(F)F. The van der Waals surface area contributed by atoms with Gasteiger partial charge in [-0.25, -0.2) is 4.98 Å². The smallest absolute Gasteiger partial charge is 0.346 e. The van der Waals surface area contributed by atoms with Gasteiger partial charge in [-0.1, -0.05) is 20.8 Å². The summed E-state index contributed by atoms with van der Waals surface area (Å²) in [6, 6.07) is 0. The van der Waals surface area contributed by atoms with Gasteiger partial charge in [-0.15, -0.1) is 11.3 Å². The number of thiazole rings is 1. The predicted molar refractivity (Wildman–Crippen MR) is 72.7 cm³/mol. The van der Waals surface area contributed by atoms with Crippen LogP contribution in [0.2, 0.25) is 0 Å². The van der Waals surface area contributed by atoms with Gasteiger partial charge in [0.15, 0.2) is 5.69 Å². The van der Waals surface area contributed by atoms with Gasteiger partial charge in [-0.3, -0.25) is 4.79 Å². The molecule has 0 aliphatic carbocycles. The number of carbonyl (C=O) groups excluding carboxylic acids is 1. The normalized spacial score (nSPS) is 13.4. The third-order valence-corrected chi connectivity index (χ3v) is 3.29. The lowest BCUT2D eigenvalue weighted by Crippen LogP contribution is -2.46. The van der Waals surface area contributed by atoms with E-state index in [9.17, 15) is 18.0 Å². The van der Waals surface area contributed by atoms with Gasteiger partial charge in [0.25, 0.3) is 5.91 Å². The number of halogens is 3. The maximum absolute atomic E-state index is 12.7. The molecular formula is C13H19F3N2OS. The first-order valence-electron chi connectivity index (χ1n) is 6.15. The molecular weight excluding hydrogens is 289 g/mol. The number of amides is 1. The summed E-state index contributed by atoms with van der Waals surface area (Å²) in [7, 11) is 0. The molecule has 0 saturated heterocycles. The first-order chi connectivity index (χ1) is 8.82. The Labute approximate surface area is 120 Å². The first kappa shape index (κ1) is 16.9. The van der Waals surface area contributed by atoms with Crippen LogP contribution in [0, 0.1) is 5.41 Å². The van der Waals surface area contributed by atoms with Gasteiger partial charge in [-0.2, -0.15) is 13.2 Å². The fourth-order valence-corrected chi connectivity index (χ4v) is 3.04. The minimum absolute atomic E-state index is 0.0443. The summed E-state index contributed by atoms with van der Waals surface area (Å²) in [5.74, 6) is -0.728. The highest BCUT2D eigenvalue weighted by Crippen LogP contribution is 2.33. The van der Waals surface area contributed by atoms with Gasteiger partial charge in [0.2, 0.25) is 0 Å². The van der Waals surface area contributed by atoms with E-state index in [1.165, 1.54) is 0 Å². The quantitative estimate of drug-likeness (QED) is 0.913. The number of alkyl halides is 3. The molecule has 0 unspecified atom stereocenters. The van der Waals surface area contributed by atoms with Crippen molar-refractivity contribution in [2.75, 3.05) is 0 Å². The van der Waals surface area contributed by atoms with Crippen LogP contribution in [0.25, 0.3) is 0 Å².